The molecular weight excluding hydrogens is 250 g/mol. The summed E-state index contributed by atoms with van der Waals surface area (Å²) in [6.07, 6.45) is 1.90. The highest BCUT2D eigenvalue weighted by molar-refractivity contribution is 6.31. The van der Waals surface area contributed by atoms with Gasteiger partial charge in [0.25, 0.3) is 0 Å². The van der Waals surface area contributed by atoms with Gasteiger partial charge in [-0.2, -0.15) is 5.10 Å². The Labute approximate surface area is 115 Å². The topological polar surface area (TPSA) is 39.1 Å². The highest BCUT2D eigenvalue weighted by Gasteiger charge is 2.13. The van der Waals surface area contributed by atoms with Gasteiger partial charge in [-0.3, -0.25) is 4.68 Å². The molecule has 0 aliphatic rings. The maximum Gasteiger partial charge on any atom is 0.0863 e. The molecule has 1 aromatic heterocycles. The van der Waals surface area contributed by atoms with Gasteiger partial charge in [0.05, 0.1) is 16.4 Å². The molecule has 0 radical (unpaired) electrons. The van der Waals surface area contributed by atoms with Gasteiger partial charge in [-0.15, -0.1) is 0 Å². The Morgan fingerprint density at radius 1 is 1.33 bits per heavy atom. The van der Waals surface area contributed by atoms with Crippen LogP contribution in [0.1, 0.15) is 38.6 Å². The van der Waals surface area contributed by atoms with E-state index in [4.69, 9.17) is 16.3 Å². The molecule has 0 spiro atoms. The first-order valence-corrected chi connectivity index (χ1v) is 7.14. The predicted octanol–water partition coefficient (Wildman–Crippen LogP) is 2.64. The molecule has 1 aromatic rings. The molecule has 0 fully saturated rings. The summed E-state index contributed by atoms with van der Waals surface area (Å²) in [6.45, 7) is 10.3. The molecule has 0 aliphatic carbocycles. The molecule has 104 valence electrons. The molecule has 1 rings (SSSR count). The Morgan fingerprint density at radius 2 is 2.11 bits per heavy atom. The van der Waals surface area contributed by atoms with Crippen molar-refractivity contribution in [2.45, 2.75) is 46.7 Å². The molecule has 5 heteroatoms. The molecule has 0 aliphatic heterocycles. The number of nitrogens with one attached hydrogen (secondary N) is 1. The van der Waals surface area contributed by atoms with E-state index in [9.17, 15) is 0 Å². The third-order valence-electron chi connectivity index (χ3n) is 2.83. The van der Waals surface area contributed by atoms with Crippen molar-refractivity contribution in [2.75, 3.05) is 19.8 Å². The Kier molecular flexibility index (Phi) is 7.32. The molecule has 0 saturated heterocycles. The van der Waals surface area contributed by atoms with Gasteiger partial charge in [-0.05, 0) is 33.2 Å². The van der Waals surface area contributed by atoms with Crippen LogP contribution in [0, 0.1) is 0 Å². The quantitative estimate of drug-likeness (QED) is 0.703. The molecule has 0 unspecified atom stereocenters. The van der Waals surface area contributed by atoms with E-state index in [0.29, 0.717) is 0 Å². The summed E-state index contributed by atoms with van der Waals surface area (Å²) in [5, 5.41) is 8.70. The molecule has 0 saturated carbocycles. The number of nitrogens with zero attached hydrogens (tertiary/aromatic N) is 2. The van der Waals surface area contributed by atoms with Gasteiger partial charge in [0.15, 0.2) is 0 Å². The minimum atomic E-state index is 0.770. The van der Waals surface area contributed by atoms with Gasteiger partial charge in [0.1, 0.15) is 0 Å². The lowest BCUT2D eigenvalue weighted by Gasteiger charge is -2.07. The van der Waals surface area contributed by atoms with Crippen molar-refractivity contribution < 1.29 is 4.74 Å². The van der Waals surface area contributed by atoms with E-state index in [1.807, 2.05) is 11.6 Å². The monoisotopic (exact) mass is 273 g/mol. The zero-order chi connectivity index (χ0) is 13.4. The maximum absolute atomic E-state index is 6.32. The van der Waals surface area contributed by atoms with Gasteiger partial charge in [-0.25, -0.2) is 0 Å². The van der Waals surface area contributed by atoms with E-state index in [0.717, 1.165) is 62.1 Å². The van der Waals surface area contributed by atoms with Crippen LogP contribution in [-0.4, -0.2) is 29.5 Å². The van der Waals surface area contributed by atoms with Gasteiger partial charge in [-0.1, -0.05) is 18.5 Å². The van der Waals surface area contributed by atoms with E-state index in [1.165, 1.54) is 0 Å². The van der Waals surface area contributed by atoms with Crippen LogP contribution >= 0.6 is 11.6 Å². The zero-order valence-corrected chi connectivity index (χ0v) is 12.4. The summed E-state index contributed by atoms with van der Waals surface area (Å²) in [5.41, 5.74) is 2.08. The van der Waals surface area contributed by atoms with Gasteiger partial charge < -0.3 is 10.1 Å². The summed E-state index contributed by atoms with van der Waals surface area (Å²) in [5.74, 6) is 0. The molecule has 18 heavy (non-hydrogen) atoms. The second-order valence-electron chi connectivity index (χ2n) is 4.10. The van der Waals surface area contributed by atoms with E-state index in [2.05, 4.69) is 24.3 Å². The van der Waals surface area contributed by atoms with Gasteiger partial charge in [0, 0.05) is 26.3 Å². The predicted molar refractivity (Wildman–Crippen MR) is 75.1 cm³/mol. The van der Waals surface area contributed by atoms with Crippen molar-refractivity contribution in [2.24, 2.45) is 0 Å². The van der Waals surface area contributed by atoms with Crippen LogP contribution in [-0.2, 0) is 24.2 Å². The Morgan fingerprint density at radius 3 is 2.72 bits per heavy atom. The van der Waals surface area contributed by atoms with Crippen molar-refractivity contribution in [3.63, 3.8) is 0 Å². The average Bonchev–Trinajstić information content (AvgIpc) is 2.70. The molecule has 1 N–H and O–H groups in total. The van der Waals surface area contributed by atoms with Crippen molar-refractivity contribution >= 4 is 11.6 Å². The lowest BCUT2D eigenvalue weighted by molar-refractivity contribution is 0.144. The van der Waals surface area contributed by atoms with Crippen LogP contribution in [0.2, 0.25) is 5.02 Å². The first kappa shape index (κ1) is 15.5. The molecule has 0 amide bonds. The second kappa shape index (κ2) is 8.51. The number of ether oxygens (including phenoxy) is 1. The lowest BCUT2D eigenvalue weighted by Crippen LogP contribution is -2.19. The first-order chi connectivity index (χ1) is 8.74. The third kappa shape index (κ3) is 4.26. The Bertz CT molecular complexity index is 352. The van der Waals surface area contributed by atoms with Crippen molar-refractivity contribution in [1.82, 2.24) is 15.1 Å². The molecule has 0 aromatic carbocycles. The van der Waals surface area contributed by atoms with Crippen LogP contribution in [0.15, 0.2) is 0 Å². The smallest absolute Gasteiger partial charge is 0.0863 e. The SMILES string of the molecule is CCOCCCNCc1c(Cl)c(CC)nn1CC. The Hall–Kier alpha value is -0.580. The second-order valence-corrected chi connectivity index (χ2v) is 4.48. The molecule has 0 atom stereocenters. The van der Waals surface area contributed by atoms with Gasteiger partial charge >= 0.3 is 0 Å². The van der Waals surface area contributed by atoms with Crippen molar-refractivity contribution in [3.8, 4) is 0 Å². The minimum Gasteiger partial charge on any atom is -0.382 e. The Balaban J connectivity index is 2.43. The summed E-state index contributed by atoms with van der Waals surface area (Å²) in [6, 6.07) is 0. The third-order valence-corrected chi connectivity index (χ3v) is 3.27. The largest absolute Gasteiger partial charge is 0.382 e. The van der Waals surface area contributed by atoms with Crippen LogP contribution in [0.3, 0.4) is 0 Å². The zero-order valence-electron chi connectivity index (χ0n) is 11.6. The summed E-state index contributed by atoms with van der Waals surface area (Å²) in [7, 11) is 0. The fraction of sp³-hybridized carbons (Fsp3) is 0.769. The number of hydrogen-bond donors (Lipinski definition) is 1. The fourth-order valence-electron chi connectivity index (χ4n) is 1.84. The van der Waals surface area contributed by atoms with Crippen LogP contribution in [0.25, 0.3) is 0 Å². The number of aromatic nitrogens is 2. The number of aryl methyl sites for hydroxylation is 2. The molecule has 1 heterocycles. The summed E-state index contributed by atoms with van der Waals surface area (Å²) >= 11 is 6.32. The van der Waals surface area contributed by atoms with Crippen molar-refractivity contribution in [3.05, 3.63) is 16.4 Å². The highest BCUT2D eigenvalue weighted by Crippen LogP contribution is 2.21. The number of hydrogen-bond acceptors (Lipinski definition) is 3. The lowest BCUT2D eigenvalue weighted by atomic mass is 10.3. The summed E-state index contributed by atoms with van der Waals surface area (Å²) < 4.78 is 7.28. The number of rotatable bonds is 9. The van der Waals surface area contributed by atoms with Gasteiger partial charge in [0.2, 0.25) is 0 Å². The normalized spacial score (nSPS) is 11.1. The summed E-state index contributed by atoms with van der Waals surface area (Å²) in [4.78, 5) is 0. The van der Waals surface area contributed by atoms with E-state index in [-0.39, 0.29) is 0 Å². The van der Waals surface area contributed by atoms with Crippen LogP contribution in [0.5, 0.6) is 0 Å². The molecular formula is C13H24ClN3O. The maximum atomic E-state index is 6.32. The van der Waals surface area contributed by atoms with E-state index in [1.54, 1.807) is 0 Å². The fourth-order valence-corrected chi connectivity index (χ4v) is 2.17. The van der Waals surface area contributed by atoms with Crippen LogP contribution < -0.4 is 5.32 Å². The van der Waals surface area contributed by atoms with Crippen LogP contribution in [0.4, 0.5) is 0 Å². The standard InChI is InChI=1S/C13H24ClN3O/c1-4-11-13(14)12(17(5-2)16-11)10-15-8-7-9-18-6-3/h15H,4-10H2,1-3H3. The highest BCUT2D eigenvalue weighted by atomic mass is 35.5. The van der Waals surface area contributed by atoms with E-state index < -0.39 is 0 Å². The number of halogens is 1. The van der Waals surface area contributed by atoms with Crippen molar-refractivity contribution in [1.29, 1.82) is 0 Å². The first-order valence-electron chi connectivity index (χ1n) is 6.77. The molecule has 0 bridgehead atoms. The minimum absolute atomic E-state index is 0.770. The molecule has 4 nitrogen and oxygen atoms in total. The average molecular weight is 274 g/mol. The van der Waals surface area contributed by atoms with E-state index >= 15 is 0 Å².